The molecule has 0 fully saturated rings. The Balaban J connectivity index is 2.07. The molecule has 5 nitrogen and oxygen atoms in total. The van der Waals surface area contributed by atoms with E-state index in [1.807, 2.05) is 6.07 Å². The smallest absolute Gasteiger partial charge is 0.208 e. The normalized spacial score (nSPS) is 23.1. The Morgan fingerprint density at radius 3 is 2.61 bits per heavy atom. The molecule has 0 amide bonds. The second kappa shape index (κ2) is 5.08. The highest BCUT2D eigenvalue weighted by molar-refractivity contribution is 5.85. The molecular weight excluding hydrogens is 226 g/mol. The van der Waals surface area contributed by atoms with Crippen molar-refractivity contribution in [3.05, 3.63) is 35.9 Å². The first-order valence-corrected chi connectivity index (χ1v) is 6.04. The lowest BCUT2D eigenvalue weighted by Crippen LogP contribution is -2.36. The lowest BCUT2D eigenvalue weighted by Gasteiger charge is -2.32. The molecule has 0 aromatic heterocycles. The topological polar surface area (TPSA) is 88.8 Å². The molecule has 1 atom stereocenters. The predicted molar refractivity (Wildman–Crippen MR) is 74.3 cm³/mol. The zero-order chi connectivity index (χ0) is 13.0. The summed E-state index contributed by atoms with van der Waals surface area (Å²) >= 11 is 0. The molecule has 2 rings (SSSR count). The summed E-state index contributed by atoms with van der Waals surface area (Å²) in [4.78, 5) is 4.52. The van der Waals surface area contributed by atoms with Gasteiger partial charge in [-0.25, -0.2) is 0 Å². The van der Waals surface area contributed by atoms with E-state index in [9.17, 15) is 0 Å². The number of nitrogens with one attached hydrogen (secondary N) is 1. The second-order valence-corrected chi connectivity index (χ2v) is 4.84. The molecule has 0 bridgehead atoms. The monoisotopic (exact) mass is 245 g/mol. The zero-order valence-corrected chi connectivity index (χ0v) is 10.6. The average Bonchev–Trinajstić information content (AvgIpc) is 2.39. The molecule has 96 valence electrons. The van der Waals surface area contributed by atoms with Gasteiger partial charge in [0.1, 0.15) is 5.84 Å². The first-order chi connectivity index (χ1) is 8.60. The van der Waals surface area contributed by atoms with Gasteiger partial charge in [-0.15, -0.1) is 5.10 Å². The van der Waals surface area contributed by atoms with Gasteiger partial charge in [-0.05, 0) is 12.0 Å². The largest absolute Gasteiger partial charge is 0.369 e. The van der Waals surface area contributed by atoms with Gasteiger partial charge in [-0.3, -0.25) is 10.4 Å². The van der Waals surface area contributed by atoms with Crippen LogP contribution < -0.4 is 16.9 Å². The van der Waals surface area contributed by atoms with Crippen molar-refractivity contribution in [1.82, 2.24) is 5.43 Å². The Morgan fingerprint density at radius 1 is 1.33 bits per heavy atom. The molecule has 0 saturated carbocycles. The van der Waals surface area contributed by atoms with E-state index in [0.717, 1.165) is 25.2 Å². The fourth-order valence-electron chi connectivity index (χ4n) is 2.12. The van der Waals surface area contributed by atoms with Crippen molar-refractivity contribution in [2.24, 2.45) is 21.6 Å². The highest BCUT2D eigenvalue weighted by atomic mass is 15.4. The molecule has 0 aliphatic carbocycles. The van der Waals surface area contributed by atoms with Gasteiger partial charge in [-0.2, -0.15) is 0 Å². The number of amidine groups is 1. The van der Waals surface area contributed by atoms with Crippen LogP contribution in [-0.4, -0.2) is 18.3 Å². The molecule has 1 aromatic rings. The van der Waals surface area contributed by atoms with Crippen LogP contribution in [0.1, 0.15) is 25.3 Å². The van der Waals surface area contributed by atoms with E-state index >= 15 is 0 Å². The summed E-state index contributed by atoms with van der Waals surface area (Å²) in [6.45, 7) is 2.99. The van der Waals surface area contributed by atoms with E-state index in [1.54, 1.807) is 0 Å². The molecule has 5 heteroatoms. The fraction of sp³-hybridized carbons (Fsp3) is 0.385. The number of rotatable bonds is 2. The Labute approximate surface area is 107 Å². The van der Waals surface area contributed by atoms with Crippen LogP contribution in [0.5, 0.6) is 0 Å². The van der Waals surface area contributed by atoms with Crippen LogP contribution in [0.3, 0.4) is 0 Å². The van der Waals surface area contributed by atoms with Crippen LogP contribution in [0, 0.1) is 0 Å². The third-order valence-corrected chi connectivity index (χ3v) is 3.32. The summed E-state index contributed by atoms with van der Waals surface area (Å²) in [6, 6.07) is 10.5. The first-order valence-electron chi connectivity index (χ1n) is 6.04. The number of guanidine groups is 1. The molecule has 0 saturated heterocycles. The van der Waals surface area contributed by atoms with Gasteiger partial charge in [0.15, 0.2) is 0 Å². The fourth-order valence-corrected chi connectivity index (χ4v) is 2.12. The number of aliphatic imine (C=N–C) groups is 1. The summed E-state index contributed by atoms with van der Waals surface area (Å²) in [6.07, 6.45) is 1.88. The molecular formula is C13H19N5. The number of hydrogen-bond acceptors (Lipinski definition) is 3. The number of nitrogens with two attached hydrogens (primary N) is 2. The van der Waals surface area contributed by atoms with Crippen LogP contribution in [0.25, 0.3) is 0 Å². The van der Waals surface area contributed by atoms with E-state index in [1.165, 1.54) is 5.56 Å². The molecule has 5 N–H and O–H groups in total. The van der Waals surface area contributed by atoms with Crippen LogP contribution in [0.2, 0.25) is 0 Å². The van der Waals surface area contributed by atoms with E-state index < -0.39 is 0 Å². The Hall–Kier alpha value is -2.04. The lowest BCUT2D eigenvalue weighted by atomic mass is 9.77. The lowest BCUT2D eigenvalue weighted by molar-refractivity contribution is 0.435. The highest BCUT2D eigenvalue weighted by Gasteiger charge is 2.29. The maximum atomic E-state index is 5.26. The Bertz CT molecular complexity index is 462. The number of nitrogens with zero attached hydrogens (tertiary/aromatic N) is 2. The van der Waals surface area contributed by atoms with Crippen molar-refractivity contribution in [3.8, 4) is 0 Å². The summed E-state index contributed by atoms with van der Waals surface area (Å²) in [5.41, 5.74) is 14.8. The van der Waals surface area contributed by atoms with Gasteiger partial charge < -0.3 is 11.5 Å². The van der Waals surface area contributed by atoms with Crippen molar-refractivity contribution in [2.75, 3.05) is 6.54 Å². The summed E-state index contributed by atoms with van der Waals surface area (Å²) < 4.78 is 0. The van der Waals surface area contributed by atoms with Crippen molar-refractivity contribution in [3.63, 3.8) is 0 Å². The first kappa shape index (κ1) is 12.4. The van der Waals surface area contributed by atoms with Gasteiger partial charge in [0.2, 0.25) is 5.96 Å². The Kier molecular flexibility index (Phi) is 3.50. The maximum Gasteiger partial charge on any atom is 0.208 e. The van der Waals surface area contributed by atoms with Crippen LogP contribution in [0.15, 0.2) is 40.4 Å². The van der Waals surface area contributed by atoms with Crippen molar-refractivity contribution in [1.29, 1.82) is 0 Å². The van der Waals surface area contributed by atoms with Gasteiger partial charge in [0.25, 0.3) is 0 Å². The van der Waals surface area contributed by atoms with Gasteiger partial charge in [-0.1, -0.05) is 37.3 Å². The van der Waals surface area contributed by atoms with Gasteiger partial charge >= 0.3 is 0 Å². The minimum Gasteiger partial charge on any atom is -0.369 e. The van der Waals surface area contributed by atoms with Crippen LogP contribution in [-0.2, 0) is 5.41 Å². The third-order valence-electron chi connectivity index (χ3n) is 3.32. The molecule has 1 heterocycles. The number of benzene rings is 1. The molecule has 0 spiro atoms. The maximum absolute atomic E-state index is 5.26. The van der Waals surface area contributed by atoms with Crippen molar-refractivity contribution >= 4 is 11.8 Å². The van der Waals surface area contributed by atoms with Crippen molar-refractivity contribution in [2.45, 2.75) is 25.2 Å². The molecule has 1 aromatic carbocycles. The zero-order valence-electron chi connectivity index (χ0n) is 10.6. The van der Waals surface area contributed by atoms with Crippen LogP contribution in [0.4, 0.5) is 0 Å². The van der Waals surface area contributed by atoms with Gasteiger partial charge in [0, 0.05) is 11.8 Å². The molecule has 0 unspecified atom stereocenters. The minimum atomic E-state index is 0.0223. The number of hydrogen-bond donors (Lipinski definition) is 3. The average molecular weight is 245 g/mol. The quantitative estimate of drug-likeness (QED) is 0.411. The Morgan fingerprint density at radius 2 is 2.06 bits per heavy atom. The van der Waals surface area contributed by atoms with E-state index in [4.69, 9.17) is 11.5 Å². The third kappa shape index (κ3) is 2.80. The molecule has 18 heavy (non-hydrogen) atoms. The molecule has 1 aliphatic rings. The molecule has 0 radical (unpaired) electrons. The predicted octanol–water partition coefficient (Wildman–Crippen LogP) is 0.915. The van der Waals surface area contributed by atoms with E-state index in [0.29, 0.717) is 0 Å². The highest BCUT2D eigenvalue weighted by Crippen LogP contribution is 2.31. The standard InChI is InChI=1S/C13H19N5/c1-13(10-5-3-2-4-6-10)8-7-11(16-9-13)17-18-12(14)15/h2-6H,7-9H2,1H3,(H,16,17)(H4,14,15,18)/t13-/m0/s1. The summed E-state index contributed by atoms with van der Waals surface area (Å²) in [5, 5.41) is 3.76. The van der Waals surface area contributed by atoms with Crippen molar-refractivity contribution < 1.29 is 0 Å². The van der Waals surface area contributed by atoms with Crippen LogP contribution >= 0.6 is 0 Å². The van der Waals surface area contributed by atoms with E-state index in [2.05, 4.69) is 46.7 Å². The van der Waals surface area contributed by atoms with E-state index in [-0.39, 0.29) is 11.4 Å². The minimum absolute atomic E-state index is 0.0223. The summed E-state index contributed by atoms with van der Waals surface area (Å²) in [7, 11) is 0. The molecule has 1 aliphatic heterocycles. The number of hydrazone groups is 1. The second-order valence-electron chi connectivity index (χ2n) is 4.84. The SMILES string of the molecule is C[C@]1(c2ccccc2)CCC(NN=C(N)N)=NC1. The summed E-state index contributed by atoms with van der Waals surface area (Å²) in [5.74, 6) is 0.867. The van der Waals surface area contributed by atoms with Gasteiger partial charge in [0.05, 0.1) is 6.54 Å².